The largest absolute Gasteiger partial charge is 0.472 e. The number of allylic oxidation sites excluding steroid dienone is 1. The lowest BCUT2D eigenvalue weighted by Crippen LogP contribution is -2.25. The van der Waals surface area contributed by atoms with E-state index >= 15 is 0 Å². The molecule has 0 saturated heterocycles. The van der Waals surface area contributed by atoms with Gasteiger partial charge in [-0.1, -0.05) is 12.2 Å². The molecule has 2 unspecified atom stereocenters. The van der Waals surface area contributed by atoms with Crippen LogP contribution < -0.4 is 5.32 Å². The molecule has 2 atom stereocenters. The van der Waals surface area contributed by atoms with Crippen LogP contribution >= 0.6 is 0 Å². The lowest BCUT2D eigenvalue weighted by molar-refractivity contribution is 0.559. The molecule has 0 fully saturated rings. The molecule has 3 heteroatoms. The quantitative estimate of drug-likeness (QED) is 0.728. The highest BCUT2D eigenvalue weighted by Crippen LogP contribution is 2.32. The Balaban J connectivity index is 1.98. The van der Waals surface area contributed by atoms with Crippen LogP contribution in [0.1, 0.15) is 11.5 Å². The number of hydrogen-bond donors (Lipinski definition) is 1. The Morgan fingerprint density at radius 2 is 2.29 bits per heavy atom. The van der Waals surface area contributed by atoms with Crippen molar-refractivity contribution in [2.75, 3.05) is 0 Å². The topological polar surface area (TPSA) is 37.5 Å². The van der Waals surface area contributed by atoms with Gasteiger partial charge in [0.15, 0.2) is 0 Å². The molecule has 1 aromatic heterocycles. The van der Waals surface area contributed by atoms with Gasteiger partial charge in [-0.2, -0.15) is 0 Å². The average Bonchev–Trinajstić information content (AvgIpc) is 2.88. The maximum atomic E-state index is 5.10. The molecule has 0 saturated carbocycles. The first-order valence-corrected chi connectivity index (χ1v) is 4.65. The zero-order chi connectivity index (χ0) is 9.38. The van der Waals surface area contributed by atoms with E-state index < -0.39 is 0 Å². The highest BCUT2D eigenvalue weighted by molar-refractivity contribution is 5.91. The van der Waals surface area contributed by atoms with Crippen molar-refractivity contribution in [1.82, 2.24) is 5.32 Å². The Morgan fingerprint density at radius 1 is 1.29 bits per heavy atom. The van der Waals surface area contributed by atoms with Crippen LogP contribution in [0.3, 0.4) is 0 Å². The third-order valence-corrected chi connectivity index (χ3v) is 2.67. The molecular formula is C11H10N2O. The summed E-state index contributed by atoms with van der Waals surface area (Å²) < 4.78 is 5.10. The van der Waals surface area contributed by atoms with Gasteiger partial charge in [0.25, 0.3) is 0 Å². The minimum absolute atomic E-state index is 0.345. The predicted molar refractivity (Wildman–Crippen MR) is 53.8 cm³/mol. The van der Waals surface area contributed by atoms with Crippen molar-refractivity contribution in [1.29, 1.82) is 0 Å². The second-order valence-corrected chi connectivity index (χ2v) is 3.47. The third-order valence-electron chi connectivity index (χ3n) is 2.67. The monoisotopic (exact) mass is 186 g/mol. The van der Waals surface area contributed by atoms with Crippen molar-refractivity contribution in [3.63, 3.8) is 0 Å². The molecule has 70 valence electrons. The van der Waals surface area contributed by atoms with Crippen molar-refractivity contribution < 1.29 is 4.42 Å². The van der Waals surface area contributed by atoms with E-state index in [1.54, 1.807) is 12.5 Å². The zero-order valence-electron chi connectivity index (χ0n) is 7.55. The molecule has 3 heterocycles. The zero-order valence-corrected chi connectivity index (χ0v) is 7.55. The second-order valence-electron chi connectivity index (χ2n) is 3.47. The summed E-state index contributed by atoms with van der Waals surface area (Å²) in [4.78, 5) is 4.28. The summed E-state index contributed by atoms with van der Waals surface area (Å²) >= 11 is 0. The molecule has 2 aliphatic rings. The van der Waals surface area contributed by atoms with Crippen LogP contribution in [0.2, 0.25) is 0 Å². The molecular weight excluding hydrogens is 176 g/mol. The number of fused-ring (bicyclic) bond motifs is 1. The molecule has 1 N–H and O–H groups in total. The molecule has 0 bridgehead atoms. The molecule has 1 aromatic rings. The van der Waals surface area contributed by atoms with E-state index in [1.165, 1.54) is 5.56 Å². The molecule has 2 aliphatic heterocycles. The van der Waals surface area contributed by atoms with Gasteiger partial charge in [-0.25, -0.2) is 4.99 Å². The Hall–Kier alpha value is -1.77. The number of amidine groups is 1. The molecule has 0 aromatic carbocycles. The maximum Gasteiger partial charge on any atom is 0.113 e. The van der Waals surface area contributed by atoms with E-state index in [0.29, 0.717) is 11.8 Å². The normalized spacial score (nSPS) is 28.4. The first-order valence-electron chi connectivity index (χ1n) is 4.65. The van der Waals surface area contributed by atoms with Gasteiger partial charge in [-0.05, 0) is 17.8 Å². The predicted octanol–water partition coefficient (Wildman–Crippen LogP) is 2.02. The Bertz CT molecular complexity index is 415. The van der Waals surface area contributed by atoms with Gasteiger partial charge in [-0.3, -0.25) is 0 Å². The van der Waals surface area contributed by atoms with Gasteiger partial charge in [0.2, 0.25) is 0 Å². The molecule has 0 aliphatic carbocycles. The Morgan fingerprint density at radius 3 is 3.14 bits per heavy atom. The van der Waals surface area contributed by atoms with Crippen LogP contribution in [0, 0.1) is 5.92 Å². The van der Waals surface area contributed by atoms with E-state index in [4.69, 9.17) is 4.42 Å². The minimum atomic E-state index is 0.345. The first-order chi connectivity index (χ1) is 6.95. The molecule has 0 amide bonds. The maximum absolute atomic E-state index is 5.10. The van der Waals surface area contributed by atoms with E-state index in [-0.39, 0.29) is 0 Å². The van der Waals surface area contributed by atoms with Crippen molar-refractivity contribution >= 4 is 5.84 Å². The summed E-state index contributed by atoms with van der Waals surface area (Å²) in [5.74, 6) is 1.73. The fraction of sp³-hybridized carbons (Fsp3) is 0.182. The Labute approximate surface area is 81.8 Å². The second kappa shape index (κ2) is 2.87. The summed E-state index contributed by atoms with van der Waals surface area (Å²) in [6.07, 6.45) is 11.5. The molecule has 14 heavy (non-hydrogen) atoms. The highest BCUT2D eigenvalue weighted by atomic mass is 16.3. The van der Waals surface area contributed by atoms with Crippen molar-refractivity contribution in [2.45, 2.75) is 5.92 Å². The SMILES string of the molecule is C1=CC(c2ccoc2)C2C=CNC2=N1. The van der Waals surface area contributed by atoms with Gasteiger partial charge >= 0.3 is 0 Å². The minimum Gasteiger partial charge on any atom is -0.472 e. The summed E-state index contributed by atoms with van der Waals surface area (Å²) in [6, 6.07) is 2.00. The Kier molecular flexibility index (Phi) is 1.56. The summed E-state index contributed by atoms with van der Waals surface area (Å²) in [7, 11) is 0. The number of rotatable bonds is 1. The van der Waals surface area contributed by atoms with Crippen molar-refractivity contribution in [2.24, 2.45) is 10.9 Å². The molecule has 3 rings (SSSR count). The standard InChI is InChI=1S/C11H10N2O/c1-4-12-11-10(2-5-13-11)9(1)8-3-6-14-7-8/h1-7,9-10H,(H,12,13). The average molecular weight is 186 g/mol. The van der Waals surface area contributed by atoms with Gasteiger partial charge in [0, 0.05) is 18.0 Å². The number of nitrogens with zero attached hydrogens (tertiary/aromatic N) is 1. The highest BCUT2D eigenvalue weighted by Gasteiger charge is 2.28. The summed E-state index contributed by atoms with van der Waals surface area (Å²) in [5.41, 5.74) is 1.20. The van der Waals surface area contributed by atoms with E-state index in [1.807, 2.05) is 18.5 Å². The van der Waals surface area contributed by atoms with E-state index in [2.05, 4.69) is 22.5 Å². The van der Waals surface area contributed by atoms with Gasteiger partial charge in [-0.15, -0.1) is 0 Å². The first kappa shape index (κ1) is 7.62. The fourth-order valence-electron chi connectivity index (χ4n) is 1.96. The lowest BCUT2D eigenvalue weighted by atomic mass is 9.86. The van der Waals surface area contributed by atoms with Gasteiger partial charge < -0.3 is 9.73 Å². The van der Waals surface area contributed by atoms with Crippen LogP contribution in [0.25, 0.3) is 0 Å². The third kappa shape index (κ3) is 1.02. The van der Waals surface area contributed by atoms with Crippen LogP contribution in [0.15, 0.2) is 52.6 Å². The van der Waals surface area contributed by atoms with E-state index in [9.17, 15) is 0 Å². The molecule has 3 nitrogen and oxygen atoms in total. The fourth-order valence-corrected chi connectivity index (χ4v) is 1.96. The number of nitrogens with one attached hydrogen (secondary N) is 1. The van der Waals surface area contributed by atoms with Gasteiger partial charge in [0.1, 0.15) is 5.84 Å². The van der Waals surface area contributed by atoms with Crippen LogP contribution in [-0.4, -0.2) is 5.84 Å². The van der Waals surface area contributed by atoms with E-state index in [0.717, 1.165) is 5.84 Å². The number of hydrogen-bond acceptors (Lipinski definition) is 3. The van der Waals surface area contributed by atoms with Crippen LogP contribution in [0.5, 0.6) is 0 Å². The van der Waals surface area contributed by atoms with Crippen molar-refractivity contribution in [3.05, 3.63) is 48.7 Å². The number of aliphatic imine (C=N–C) groups is 1. The number of furan rings is 1. The van der Waals surface area contributed by atoms with Crippen molar-refractivity contribution in [3.8, 4) is 0 Å². The van der Waals surface area contributed by atoms with Crippen LogP contribution in [0.4, 0.5) is 0 Å². The smallest absolute Gasteiger partial charge is 0.113 e. The molecule has 0 radical (unpaired) electrons. The molecule has 0 spiro atoms. The van der Waals surface area contributed by atoms with Gasteiger partial charge in [0.05, 0.1) is 12.5 Å². The lowest BCUT2D eigenvalue weighted by Gasteiger charge is -2.20. The summed E-state index contributed by atoms with van der Waals surface area (Å²) in [5, 5.41) is 3.14. The summed E-state index contributed by atoms with van der Waals surface area (Å²) in [6.45, 7) is 0. The van der Waals surface area contributed by atoms with Crippen LogP contribution in [-0.2, 0) is 0 Å².